The molecule has 0 aromatic carbocycles. The van der Waals surface area contributed by atoms with Gasteiger partial charge in [-0.15, -0.1) is 11.3 Å². The fourth-order valence-electron chi connectivity index (χ4n) is 2.67. The van der Waals surface area contributed by atoms with Crippen molar-refractivity contribution in [3.05, 3.63) is 29.9 Å². The van der Waals surface area contributed by atoms with Gasteiger partial charge in [-0.1, -0.05) is 6.07 Å². The average molecular weight is 288 g/mol. The van der Waals surface area contributed by atoms with Crippen LogP contribution in [-0.2, 0) is 0 Å². The number of thiophene rings is 1. The molecule has 2 aromatic rings. The van der Waals surface area contributed by atoms with E-state index in [1.807, 2.05) is 0 Å². The fraction of sp³-hybridized carbons (Fsp3) is 0.467. The van der Waals surface area contributed by atoms with Crippen molar-refractivity contribution in [1.82, 2.24) is 14.9 Å². The van der Waals surface area contributed by atoms with Crippen LogP contribution in [0.5, 0.6) is 0 Å². The Balaban J connectivity index is 1.78. The van der Waals surface area contributed by atoms with Gasteiger partial charge in [0.1, 0.15) is 12.1 Å². The molecule has 1 aliphatic heterocycles. The molecule has 0 spiro atoms. The summed E-state index contributed by atoms with van der Waals surface area (Å²) in [4.78, 5) is 14.7. The van der Waals surface area contributed by atoms with E-state index >= 15 is 0 Å². The zero-order valence-corrected chi connectivity index (χ0v) is 12.8. The lowest BCUT2D eigenvalue weighted by molar-refractivity contribution is 0.252. The number of hydrogen-bond donors (Lipinski definition) is 0. The Kier molecular flexibility index (Phi) is 3.98. The number of aromatic nitrogens is 2. The summed E-state index contributed by atoms with van der Waals surface area (Å²) in [5.41, 5.74) is 1.02. The third-order valence-electron chi connectivity index (χ3n) is 4.02. The molecule has 0 bridgehead atoms. The number of hydrogen-bond acceptors (Lipinski definition) is 5. The second-order valence-electron chi connectivity index (χ2n) is 5.38. The van der Waals surface area contributed by atoms with Gasteiger partial charge in [0.15, 0.2) is 0 Å². The summed E-state index contributed by atoms with van der Waals surface area (Å²) in [5.74, 6) is 1.03. The molecule has 106 valence electrons. The molecule has 3 rings (SSSR count). The summed E-state index contributed by atoms with van der Waals surface area (Å²) >= 11 is 1.72. The Bertz CT molecular complexity index is 547. The minimum Gasteiger partial charge on any atom is -0.356 e. The zero-order chi connectivity index (χ0) is 13.9. The Morgan fingerprint density at radius 1 is 1.30 bits per heavy atom. The predicted molar refractivity (Wildman–Crippen MR) is 84.3 cm³/mol. The van der Waals surface area contributed by atoms with Crippen molar-refractivity contribution in [3.8, 4) is 10.6 Å². The van der Waals surface area contributed by atoms with Gasteiger partial charge >= 0.3 is 0 Å². The van der Waals surface area contributed by atoms with E-state index < -0.39 is 0 Å². The molecule has 2 aromatic heterocycles. The first-order valence-electron chi connectivity index (χ1n) is 7.01. The van der Waals surface area contributed by atoms with E-state index in [1.165, 1.54) is 17.7 Å². The molecule has 1 aliphatic rings. The van der Waals surface area contributed by atoms with Crippen LogP contribution in [0.1, 0.15) is 12.8 Å². The van der Waals surface area contributed by atoms with Crippen molar-refractivity contribution < 1.29 is 0 Å². The molecule has 0 saturated carbocycles. The minimum absolute atomic E-state index is 0.581. The van der Waals surface area contributed by atoms with Crippen molar-refractivity contribution in [2.24, 2.45) is 0 Å². The lowest BCUT2D eigenvalue weighted by Gasteiger charge is -2.35. The van der Waals surface area contributed by atoms with Gasteiger partial charge in [0, 0.05) is 19.2 Å². The smallest absolute Gasteiger partial charge is 0.132 e. The molecule has 4 nitrogen and oxygen atoms in total. The van der Waals surface area contributed by atoms with Crippen molar-refractivity contribution in [3.63, 3.8) is 0 Å². The highest BCUT2D eigenvalue weighted by molar-refractivity contribution is 7.13. The van der Waals surface area contributed by atoms with Crippen molar-refractivity contribution in [2.45, 2.75) is 18.9 Å². The van der Waals surface area contributed by atoms with Crippen LogP contribution in [0.3, 0.4) is 0 Å². The van der Waals surface area contributed by atoms with Crippen LogP contribution < -0.4 is 4.90 Å². The average Bonchev–Trinajstić information content (AvgIpc) is 3.02. The molecule has 0 N–H and O–H groups in total. The summed E-state index contributed by atoms with van der Waals surface area (Å²) < 4.78 is 0. The summed E-state index contributed by atoms with van der Waals surface area (Å²) in [6.45, 7) is 2.33. The first-order valence-corrected chi connectivity index (χ1v) is 7.89. The second-order valence-corrected chi connectivity index (χ2v) is 6.33. The maximum Gasteiger partial charge on any atom is 0.132 e. The minimum atomic E-state index is 0.581. The van der Waals surface area contributed by atoms with Gasteiger partial charge in [-0.2, -0.15) is 0 Å². The van der Waals surface area contributed by atoms with E-state index in [0.29, 0.717) is 6.04 Å². The van der Waals surface area contributed by atoms with Crippen LogP contribution in [-0.4, -0.2) is 48.1 Å². The predicted octanol–water partition coefficient (Wildman–Crippen LogP) is 2.74. The van der Waals surface area contributed by atoms with Gasteiger partial charge in [0.05, 0.1) is 10.6 Å². The lowest BCUT2D eigenvalue weighted by Crippen LogP contribution is -2.42. The normalized spacial score (nSPS) is 17.3. The SMILES string of the molecule is CN1CCC(N(C)c2cc(-c3cccs3)ncn2)CC1. The topological polar surface area (TPSA) is 32.3 Å². The molecule has 0 radical (unpaired) electrons. The molecule has 5 heteroatoms. The number of nitrogens with zero attached hydrogens (tertiary/aromatic N) is 4. The molecular formula is C15H20N4S. The molecule has 0 atom stereocenters. The molecule has 0 unspecified atom stereocenters. The number of anilines is 1. The van der Waals surface area contributed by atoms with Crippen molar-refractivity contribution >= 4 is 17.2 Å². The summed E-state index contributed by atoms with van der Waals surface area (Å²) in [6.07, 6.45) is 4.08. The monoisotopic (exact) mass is 288 g/mol. The van der Waals surface area contributed by atoms with Crippen molar-refractivity contribution in [2.75, 3.05) is 32.1 Å². The van der Waals surface area contributed by atoms with Crippen LogP contribution in [0.25, 0.3) is 10.6 Å². The van der Waals surface area contributed by atoms with Crippen LogP contribution in [0.15, 0.2) is 29.9 Å². The quantitative estimate of drug-likeness (QED) is 0.869. The molecule has 0 amide bonds. The summed E-state index contributed by atoms with van der Waals surface area (Å²) in [7, 11) is 4.34. The standard InChI is InChI=1S/C15H20N4S/c1-18-7-5-12(6-8-18)19(2)15-10-13(16-11-17-15)14-4-3-9-20-14/h3-4,9-12H,5-8H2,1-2H3. The van der Waals surface area contributed by atoms with Gasteiger partial charge in [-0.25, -0.2) is 9.97 Å². The lowest BCUT2D eigenvalue weighted by atomic mass is 10.0. The van der Waals surface area contributed by atoms with E-state index in [4.69, 9.17) is 0 Å². The highest BCUT2D eigenvalue weighted by Crippen LogP contribution is 2.26. The Labute approximate surface area is 124 Å². The summed E-state index contributed by atoms with van der Waals surface area (Å²) in [6, 6.07) is 6.84. The number of likely N-dealkylation sites (tertiary alicyclic amines) is 1. The molecule has 1 fully saturated rings. The van der Waals surface area contributed by atoms with Crippen LogP contribution in [0.2, 0.25) is 0 Å². The van der Waals surface area contributed by atoms with E-state index in [1.54, 1.807) is 17.7 Å². The first kappa shape index (κ1) is 13.5. The highest BCUT2D eigenvalue weighted by atomic mass is 32.1. The van der Waals surface area contributed by atoms with Crippen molar-refractivity contribution in [1.29, 1.82) is 0 Å². The van der Waals surface area contributed by atoms with Gasteiger partial charge in [-0.05, 0) is 44.4 Å². The van der Waals surface area contributed by atoms with E-state index in [2.05, 4.69) is 57.4 Å². The largest absolute Gasteiger partial charge is 0.356 e. The van der Waals surface area contributed by atoms with Gasteiger partial charge in [0.25, 0.3) is 0 Å². The Hall–Kier alpha value is -1.46. The fourth-order valence-corrected chi connectivity index (χ4v) is 3.36. The van der Waals surface area contributed by atoms with E-state index in [9.17, 15) is 0 Å². The Morgan fingerprint density at radius 2 is 2.10 bits per heavy atom. The number of rotatable bonds is 3. The maximum absolute atomic E-state index is 4.45. The Morgan fingerprint density at radius 3 is 2.80 bits per heavy atom. The van der Waals surface area contributed by atoms with Crippen LogP contribution >= 0.6 is 11.3 Å². The molecule has 20 heavy (non-hydrogen) atoms. The van der Waals surface area contributed by atoms with Gasteiger partial charge in [0.2, 0.25) is 0 Å². The molecule has 3 heterocycles. The second kappa shape index (κ2) is 5.89. The van der Waals surface area contributed by atoms with Crippen LogP contribution in [0.4, 0.5) is 5.82 Å². The van der Waals surface area contributed by atoms with Crippen LogP contribution in [0, 0.1) is 0 Å². The summed E-state index contributed by atoms with van der Waals surface area (Å²) in [5, 5.41) is 2.08. The number of piperidine rings is 1. The van der Waals surface area contributed by atoms with E-state index in [-0.39, 0.29) is 0 Å². The molecular weight excluding hydrogens is 268 g/mol. The first-order chi connectivity index (χ1) is 9.74. The van der Waals surface area contributed by atoms with Gasteiger partial charge < -0.3 is 9.80 Å². The maximum atomic E-state index is 4.45. The zero-order valence-electron chi connectivity index (χ0n) is 12.0. The molecule has 0 aliphatic carbocycles. The van der Waals surface area contributed by atoms with Gasteiger partial charge in [-0.3, -0.25) is 0 Å². The highest BCUT2D eigenvalue weighted by Gasteiger charge is 2.21. The molecule has 1 saturated heterocycles. The third kappa shape index (κ3) is 2.83. The van der Waals surface area contributed by atoms with E-state index in [0.717, 1.165) is 24.6 Å². The third-order valence-corrected chi connectivity index (χ3v) is 4.92.